The first kappa shape index (κ1) is 41.9. The highest BCUT2D eigenvalue weighted by Gasteiger charge is 2.17. The molecule has 0 N–H and O–H groups in total. The molecule has 0 radical (unpaired) electrons. The summed E-state index contributed by atoms with van der Waals surface area (Å²) in [5.74, 6) is 2.52. The summed E-state index contributed by atoms with van der Waals surface area (Å²) in [5.41, 5.74) is 0. The molecule has 2 fully saturated rings. The molecule has 12 heteroatoms. The number of alkyl halides is 1. The molecule has 0 aliphatic carbocycles. The Morgan fingerprint density at radius 2 is 1.26 bits per heavy atom. The molecule has 0 spiro atoms. The predicted octanol–water partition coefficient (Wildman–Crippen LogP) is 3.81. The zero-order chi connectivity index (χ0) is 27.9. The van der Waals surface area contributed by atoms with Gasteiger partial charge in [0.25, 0.3) is 0 Å². The Labute approximate surface area is 280 Å². The third-order valence-electron chi connectivity index (χ3n) is 5.60. The van der Waals surface area contributed by atoms with E-state index >= 15 is 0 Å². The van der Waals surface area contributed by atoms with E-state index in [2.05, 4.69) is 43.7 Å². The maximum atomic E-state index is 11.5. The third-order valence-corrected chi connectivity index (χ3v) is 11.6. The number of esters is 2. The van der Waals surface area contributed by atoms with Crippen molar-refractivity contribution < 1.29 is 47.5 Å². The Hall–Kier alpha value is 1.72. The van der Waals surface area contributed by atoms with Crippen LogP contribution < -0.4 is 24.0 Å². The summed E-state index contributed by atoms with van der Waals surface area (Å²) in [6.45, 7) is 2.74. The first-order valence-electron chi connectivity index (χ1n) is 13.4. The number of nitrogens with zero attached hydrogens (tertiary/aromatic N) is 2. The van der Waals surface area contributed by atoms with E-state index in [0.717, 1.165) is 53.8 Å². The molecule has 6 nitrogen and oxygen atoms in total. The number of unbranched alkanes of at least 4 members (excludes halogenated alkanes) is 2. The average molecular weight is 839 g/mol. The van der Waals surface area contributed by atoms with Gasteiger partial charge < -0.3 is 42.8 Å². The molecule has 0 aromatic rings. The van der Waals surface area contributed by atoms with Gasteiger partial charge in [-0.3, -0.25) is 9.59 Å². The van der Waals surface area contributed by atoms with Gasteiger partial charge in [0.15, 0.2) is 0 Å². The molecule has 228 valence electrons. The fourth-order valence-corrected chi connectivity index (χ4v) is 9.39. The third kappa shape index (κ3) is 27.9. The molecule has 0 unspecified atom stereocenters. The number of likely N-dealkylation sites (N-methyl/N-ethyl adjacent to an activating group) is 2. The number of hydrogen-bond donors (Lipinski definition) is 0. The molecule has 2 rings (SSSR count). The van der Waals surface area contributed by atoms with Crippen molar-refractivity contribution in [3.8, 4) is 0 Å². The number of ether oxygens (including phenoxy) is 2. The fraction of sp³-hybridized carbons (Fsp3) is 0.923. The summed E-state index contributed by atoms with van der Waals surface area (Å²) in [4.78, 5) is 26.8. The van der Waals surface area contributed by atoms with Crippen LogP contribution >= 0.6 is 65.8 Å². The lowest BCUT2D eigenvalue weighted by molar-refractivity contribution is -0.870. The quantitative estimate of drug-likeness (QED) is 0.0578. The molecule has 0 saturated carbocycles. The molecular formula is C26H52I2N2O4S4. The normalized spacial score (nSPS) is 18.5. The van der Waals surface area contributed by atoms with Crippen LogP contribution in [0.2, 0.25) is 0 Å². The zero-order valence-electron chi connectivity index (χ0n) is 24.4. The Bertz CT molecular complexity index is 576. The fourth-order valence-electron chi connectivity index (χ4n) is 3.33. The Morgan fingerprint density at radius 1 is 0.816 bits per heavy atom. The molecular weight excluding hydrogens is 786 g/mol. The van der Waals surface area contributed by atoms with Crippen LogP contribution in [0.4, 0.5) is 0 Å². The highest BCUT2D eigenvalue weighted by Crippen LogP contribution is 2.40. The molecule has 0 aromatic carbocycles. The van der Waals surface area contributed by atoms with Crippen molar-refractivity contribution in [3.63, 3.8) is 0 Å². The van der Waals surface area contributed by atoms with Crippen LogP contribution in [0.3, 0.4) is 0 Å². The van der Waals surface area contributed by atoms with Crippen molar-refractivity contribution in [2.45, 2.75) is 74.7 Å². The van der Waals surface area contributed by atoms with Crippen molar-refractivity contribution >= 4 is 77.7 Å². The van der Waals surface area contributed by atoms with Gasteiger partial charge in [0.2, 0.25) is 0 Å². The Balaban J connectivity index is 0. The number of halogens is 2. The summed E-state index contributed by atoms with van der Waals surface area (Å²) in [6, 6.07) is 0. The zero-order valence-corrected chi connectivity index (χ0v) is 32.0. The number of carbonyl (C=O) groups is 2. The lowest BCUT2D eigenvalue weighted by atomic mass is 10.1. The molecule has 2 aliphatic heterocycles. The largest absolute Gasteiger partial charge is 1.00 e. The number of carbonyl (C=O) groups excluding carboxylic acids is 2. The van der Waals surface area contributed by atoms with E-state index < -0.39 is 0 Å². The van der Waals surface area contributed by atoms with Gasteiger partial charge in [-0.2, -0.15) is 0 Å². The standard InChI is InChI=1S/C13H26NO2S2.C12H23NO2S2.CH3I.HI/c1-14(2,3)9-10-16-13(15)7-5-4-6-12-8-11-17-18-12;1-13(2)8-9-15-12(14)6-4-3-5-11-7-10-16-17-11;1-2;/h12H,4-11H2,1-3H3;11H,3-10H2,1-2H3;1H3;1H/q+1;;;/p-1/t12-;11-;;/m11../s1. The molecule has 0 amide bonds. The summed E-state index contributed by atoms with van der Waals surface area (Å²) in [6.07, 6.45) is 10.6. The summed E-state index contributed by atoms with van der Waals surface area (Å²) in [7, 11) is 18.3. The highest BCUT2D eigenvalue weighted by molar-refractivity contribution is 14.1. The number of hydrogen-bond acceptors (Lipinski definition) is 9. The maximum absolute atomic E-state index is 11.5. The minimum Gasteiger partial charge on any atom is -1.00 e. The van der Waals surface area contributed by atoms with Crippen LogP contribution in [-0.2, 0) is 19.1 Å². The van der Waals surface area contributed by atoms with Crippen LogP contribution in [0.1, 0.15) is 64.2 Å². The van der Waals surface area contributed by atoms with Gasteiger partial charge in [-0.05, 0) is 57.6 Å². The minimum atomic E-state index is -0.0414. The van der Waals surface area contributed by atoms with E-state index in [0.29, 0.717) is 26.1 Å². The monoisotopic (exact) mass is 838 g/mol. The van der Waals surface area contributed by atoms with Crippen LogP contribution in [0.5, 0.6) is 0 Å². The molecule has 2 atom stereocenters. The average Bonchev–Trinajstić information content (AvgIpc) is 3.55. The molecule has 0 aromatic heterocycles. The molecule has 2 heterocycles. The van der Waals surface area contributed by atoms with Crippen molar-refractivity contribution in [3.05, 3.63) is 0 Å². The molecule has 2 aliphatic rings. The Kier molecular flexibility index (Phi) is 30.3. The smallest absolute Gasteiger partial charge is 0.305 e. The van der Waals surface area contributed by atoms with Crippen LogP contribution in [0.15, 0.2) is 0 Å². The van der Waals surface area contributed by atoms with Gasteiger partial charge in [0.1, 0.15) is 19.8 Å². The summed E-state index contributed by atoms with van der Waals surface area (Å²) >= 11 is 2.15. The summed E-state index contributed by atoms with van der Waals surface area (Å²) in [5, 5.41) is 1.65. The molecule has 2 saturated heterocycles. The maximum Gasteiger partial charge on any atom is 0.305 e. The van der Waals surface area contributed by atoms with Gasteiger partial charge in [0.05, 0.1) is 21.1 Å². The van der Waals surface area contributed by atoms with Crippen LogP contribution in [0.25, 0.3) is 0 Å². The van der Waals surface area contributed by atoms with Crippen LogP contribution in [0, 0.1) is 0 Å². The topological polar surface area (TPSA) is 55.8 Å². The van der Waals surface area contributed by atoms with E-state index in [4.69, 9.17) is 9.47 Å². The summed E-state index contributed by atoms with van der Waals surface area (Å²) < 4.78 is 11.2. The first-order valence-corrected chi connectivity index (χ1v) is 20.3. The van der Waals surface area contributed by atoms with E-state index in [1.165, 1.54) is 37.2 Å². The van der Waals surface area contributed by atoms with Crippen molar-refractivity contribution in [2.75, 3.05) is 78.0 Å². The van der Waals surface area contributed by atoms with Gasteiger partial charge in [-0.1, -0.05) is 78.6 Å². The van der Waals surface area contributed by atoms with Gasteiger partial charge in [-0.25, -0.2) is 0 Å². The second-order valence-electron chi connectivity index (χ2n) is 10.4. The second kappa shape index (κ2) is 27.5. The highest BCUT2D eigenvalue weighted by atomic mass is 127. The SMILES string of the molecule is CI.CN(C)CCOC(=O)CCCC[C@@H]1CCSS1.C[N+](C)(C)CCOC(=O)CCCC[C@@H]1CCSS1.[I-]. The van der Waals surface area contributed by atoms with Gasteiger partial charge in [-0.15, -0.1) is 0 Å². The number of quaternary nitrogens is 1. The lowest BCUT2D eigenvalue weighted by Crippen LogP contribution is -3.00. The predicted molar refractivity (Wildman–Crippen MR) is 177 cm³/mol. The van der Waals surface area contributed by atoms with E-state index in [1.54, 1.807) is 0 Å². The first-order chi connectivity index (χ1) is 17.7. The Morgan fingerprint density at radius 3 is 1.63 bits per heavy atom. The van der Waals surface area contributed by atoms with Crippen molar-refractivity contribution in [2.24, 2.45) is 0 Å². The van der Waals surface area contributed by atoms with Crippen LogP contribution in [-0.4, -0.2) is 110 Å². The van der Waals surface area contributed by atoms with E-state index in [-0.39, 0.29) is 35.9 Å². The number of rotatable bonds is 16. The van der Waals surface area contributed by atoms with Crippen molar-refractivity contribution in [1.29, 1.82) is 0 Å². The van der Waals surface area contributed by atoms with Gasteiger partial charge >= 0.3 is 11.9 Å². The van der Waals surface area contributed by atoms with E-state index in [1.807, 2.05) is 67.1 Å². The van der Waals surface area contributed by atoms with Crippen molar-refractivity contribution in [1.82, 2.24) is 4.90 Å². The molecule has 38 heavy (non-hydrogen) atoms. The van der Waals surface area contributed by atoms with E-state index in [9.17, 15) is 9.59 Å². The second-order valence-corrected chi connectivity index (χ2v) is 16.0. The van der Waals surface area contributed by atoms with Gasteiger partial charge in [0, 0.05) is 41.4 Å². The minimum absolute atomic E-state index is 0. The molecule has 0 bridgehead atoms. The lowest BCUT2D eigenvalue weighted by Gasteiger charge is -2.23.